The maximum Gasteiger partial charge on any atom is 0.236 e. The summed E-state index contributed by atoms with van der Waals surface area (Å²) in [6.45, 7) is 7.27. The molecule has 0 atom stereocenters. The first kappa shape index (κ1) is 14.4. The second-order valence-electron chi connectivity index (χ2n) is 4.57. The van der Waals surface area contributed by atoms with Gasteiger partial charge < -0.3 is 15.1 Å². The molecule has 0 fully saturated rings. The van der Waals surface area contributed by atoms with Gasteiger partial charge in [-0.05, 0) is 27.1 Å². The predicted octanol–water partition coefficient (Wildman–Crippen LogP) is 0.252. The lowest BCUT2D eigenvalue weighted by molar-refractivity contribution is -0.130. The van der Waals surface area contributed by atoms with Gasteiger partial charge in [0.05, 0.1) is 6.54 Å². The zero-order valence-corrected chi connectivity index (χ0v) is 10.7. The number of hydrogen-bond acceptors (Lipinski definition) is 3. The van der Waals surface area contributed by atoms with Crippen LogP contribution in [-0.2, 0) is 4.79 Å². The topological polar surface area (TPSA) is 35.6 Å². The molecule has 0 unspecified atom stereocenters. The van der Waals surface area contributed by atoms with Gasteiger partial charge in [-0.3, -0.25) is 4.79 Å². The summed E-state index contributed by atoms with van der Waals surface area (Å²) in [5.74, 6) is 0.709. The van der Waals surface area contributed by atoms with E-state index in [9.17, 15) is 4.79 Å². The molecule has 90 valence electrons. The van der Waals surface area contributed by atoms with Gasteiger partial charge in [0.2, 0.25) is 5.91 Å². The minimum absolute atomic E-state index is 0.188. The Labute approximate surface area is 93.6 Å². The van der Waals surface area contributed by atoms with Crippen LogP contribution >= 0.6 is 0 Å². The van der Waals surface area contributed by atoms with E-state index in [2.05, 4.69) is 24.1 Å². The van der Waals surface area contributed by atoms with Gasteiger partial charge in [0.1, 0.15) is 0 Å². The molecule has 0 aromatic carbocycles. The Bertz CT molecular complexity index is 181. The maximum absolute atomic E-state index is 11.7. The second kappa shape index (κ2) is 7.65. The first-order valence-corrected chi connectivity index (χ1v) is 5.54. The summed E-state index contributed by atoms with van der Waals surface area (Å²) >= 11 is 0. The fraction of sp³-hybridized carbons (Fsp3) is 0.909. The number of hydrogen-bond donors (Lipinski definition) is 1. The number of nitrogens with one attached hydrogen (secondary N) is 1. The Morgan fingerprint density at radius 1 is 1.27 bits per heavy atom. The van der Waals surface area contributed by atoms with Gasteiger partial charge in [-0.15, -0.1) is 0 Å². The molecular formula is C11H25N3O. The fourth-order valence-electron chi connectivity index (χ4n) is 1.34. The molecule has 0 aromatic heterocycles. The van der Waals surface area contributed by atoms with E-state index in [1.807, 2.05) is 19.0 Å². The summed E-state index contributed by atoms with van der Waals surface area (Å²) in [7, 11) is 5.85. The maximum atomic E-state index is 11.7. The molecule has 0 bridgehead atoms. The molecule has 0 aliphatic heterocycles. The molecule has 0 radical (unpaired) electrons. The van der Waals surface area contributed by atoms with Crippen LogP contribution in [0.15, 0.2) is 0 Å². The summed E-state index contributed by atoms with van der Waals surface area (Å²) < 4.78 is 0. The zero-order chi connectivity index (χ0) is 11.8. The van der Waals surface area contributed by atoms with Crippen molar-refractivity contribution in [2.24, 2.45) is 5.92 Å². The van der Waals surface area contributed by atoms with Crippen molar-refractivity contribution in [3.8, 4) is 0 Å². The summed E-state index contributed by atoms with van der Waals surface area (Å²) in [6.07, 6.45) is 0. The summed E-state index contributed by atoms with van der Waals surface area (Å²) in [5.41, 5.74) is 0. The third kappa shape index (κ3) is 7.33. The first-order chi connectivity index (χ1) is 6.97. The molecule has 0 aromatic rings. The van der Waals surface area contributed by atoms with Crippen molar-refractivity contribution in [2.45, 2.75) is 13.8 Å². The highest BCUT2D eigenvalue weighted by Crippen LogP contribution is 1.99. The molecule has 0 spiro atoms. The molecule has 4 heteroatoms. The van der Waals surface area contributed by atoms with Crippen LogP contribution in [0.4, 0.5) is 0 Å². The molecule has 0 saturated carbocycles. The second-order valence-corrected chi connectivity index (χ2v) is 4.57. The molecule has 0 aliphatic carbocycles. The van der Waals surface area contributed by atoms with E-state index >= 15 is 0 Å². The summed E-state index contributed by atoms with van der Waals surface area (Å²) in [6, 6.07) is 0. The van der Waals surface area contributed by atoms with Crippen molar-refractivity contribution in [1.29, 1.82) is 0 Å². The molecule has 0 aliphatic rings. The fourth-order valence-corrected chi connectivity index (χ4v) is 1.34. The van der Waals surface area contributed by atoms with Gasteiger partial charge in [0.15, 0.2) is 0 Å². The Morgan fingerprint density at radius 2 is 1.87 bits per heavy atom. The van der Waals surface area contributed by atoms with E-state index in [1.54, 1.807) is 7.05 Å². The molecule has 0 rings (SSSR count). The Balaban J connectivity index is 4.11. The number of carbonyl (C=O) groups excluding carboxylic acids is 1. The smallest absolute Gasteiger partial charge is 0.236 e. The lowest BCUT2D eigenvalue weighted by Gasteiger charge is -2.26. The number of rotatable bonds is 7. The normalized spacial score (nSPS) is 11.1. The average molecular weight is 215 g/mol. The highest BCUT2D eigenvalue weighted by atomic mass is 16.2. The Morgan fingerprint density at radius 3 is 2.27 bits per heavy atom. The van der Waals surface area contributed by atoms with E-state index in [4.69, 9.17) is 0 Å². The van der Waals surface area contributed by atoms with Crippen molar-refractivity contribution in [1.82, 2.24) is 15.1 Å². The van der Waals surface area contributed by atoms with Crippen molar-refractivity contribution >= 4 is 5.91 Å². The van der Waals surface area contributed by atoms with Crippen molar-refractivity contribution in [3.05, 3.63) is 0 Å². The van der Waals surface area contributed by atoms with Gasteiger partial charge in [-0.2, -0.15) is 0 Å². The third-order valence-electron chi connectivity index (χ3n) is 2.08. The van der Waals surface area contributed by atoms with E-state index < -0.39 is 0 Å². The van der Waals surface area contributed by atoms with E-state index in [-0.39, 0.29) is 5.91 Å². The van der Waals surface area contributed by atoms with Crippen LogP contribution in [-0.4, -0.2) is 63.0 Å². The molecule has 0 saturated heterocycles. The third-order valence-corrected chi connectivity index (χ3v) is 2.08. The number of nitrogens with zero attached hydrogens (tertiary/aromatic N) is 2. The highest BCUT2D eigenvalue weighted by Gasteiger charge is 2.13. The lowest BCUT2D eigenvalue weighted by atomic mass is 10.2. The minimum atomic E-state index is 0.188. The quantitative estimate of drug-likeness (QED) is 0.661. The standard InChI is InChI=1S/C11H25N3O/c1-10(2)9-14(7-6-13(4)5)11(15)8-12-3/h10,12H,6-9H2,1-5H3. The van der Waals surface area contributed by atoms with Crippen LogP contribution in [0, 0.1) is 5.92 Å². The summed E-state index contributed by atoms with van der Waals surface area (Å²) in [4.78, 5) is 15.8. The van der Waals surface area contributed by atoms with Crippen LogP contribution in [0.2, 0.25) is 0 Å². The predicted molar refractivity (Wildman–Crippen MR) is 63.9 cm³/mol. The van der Waals surface area contributed by atoms with Crippen molar-refractivity contribution in [3.63, 3.8) is 0 Å². The largest absolute Gasteiger partial charge is 0.340 e. The van der Waals surface area contributed by atoms with Crippen LogP contribution in [0.1, 0.15) is 13.8 Å². The first-order valence-electron chi connectivity index (χ1n) is 5.54. The van der Waals surface area contributed by atoms with Crippen LogP contribution in [0.25, 0.3) is 0 Å². The molecule has 4 nitrogen and oxygen atoms in total. The van der Waals surface area contributed by atoms with E-state index in [1.165, 1.54) is 0 Å². The van der Waals surface area contributed by atoms with E-state index in [0.717, 1.165) is 19.6 Å². The van der Waals surface area contributed by atoms with Crippen LogP contribution < -0.4 is 5.32 Å². The van der Waals surface area contributed by atoms with Crippen molar-refractivity contribution in [2.75, 3.05) is 47.3 Å². The lowest BCUT2D eigenvalue weighted by Crippen LogP contribution is -2.42. The number of carbonyl (C=O) groups is 1. The molecule has 0 heterocycles. The van der Waals surface area contributed by atoms with Crippen LogP contribution in [0.5, 0.6) is 0 Å². The SMILES string of the molecule is CNCC(=O)N(CCN(C)C)CC(C)C. The monoisotopic (exact) mass is 215 g/mol. The van der Waals surface area contributed by atoms with Gasteiger partial charge in [0, 0.05) is 19.6 Å². The Hall–Kier alpha value is -0.610. The number of amides is 1. The Kier molecular flexibility index (Phi) is 7.34. The van der Waals surface area contributed by atoms with Gasteiger partial charge in [-0.1, -0.05) is 13.8 Å². The molecule has 1 N–H and O–H groups in total. The molecular weight excluding hydrogens is 190 g/mol. The minimum Gasteiger partial charge on any atom is -0.340 e. The average Bonchev–Trinajstić information content (AvgIpc) is 2.11. The van der Waals surface area contributed by atoms with Gasteiger partial charge in [-0.25, -0.2) is 0 Å². The molecule has 1 amide bonds. The zero-order valence-electron chi connectivity index (χ0n) is 10.7. The summed E-state index contributed by atoms with van der Waals surface area (Å²) in [5, 5.41) is 2.90. The highest BCUT2D eigenvalue weighted by molar-refractivity contribution is 5.78. The number of likely N-dealkylation sites (N-methyl/N-ethyl adjacent to an activating group) is 2. The van der Waals surface area contributed by atoms with Crippen LogP contribution in [0.3, 0.4) is 0 Å². The van der Waals surface area contributed by atoms with Crippen molar-refractivity contribution < 1.29 is 4.79 Å². The van der Waals surface area contributed by atoms with Gasteiger partial charge >= 0.3 is 0 Å². The molecule has 15 heavy (non-hydrogen) atoms. The van der Waals surface area contributed by atoms with E-state index in [0.29, 0.717) is 12.5 Å². The van der Waals surface area contributed by atoms with Gasteiger partial charge in [0.25, 0.3) is 0 Å².